The molecule has 0 aromatic carbocycles. The number of ether oxygens (including phenoxy) is 2. The fourth-order valence-electron chi connectivity index (χ4n) is 3.17. The van der Waals surface area contributed by atoms with Crippen LogP contribution in [0.3, 0.4) is 0 Å². The molecule has 0 saturated heterocycles. The Morgan fingerprint density at radius 2 is 2.30 bits per heavy atom. The number of hydrogen-bond donors (Lipinski definition) is 0. The Labute approximate surface area is 123 Å². The van der Waals surface area contributed by atoms with Gasteiger partial charge in [0.2, 0.25) is 0 Å². The van der Waals surface area contributed by atoms with E-state index in [4.69, 9.17) is 9.47 Å². The van der Waals surface area contributed by atoms with Crippen molar-refractivity contribution in [2.24, 2.45) is 5.92 Å². The van der Waals surface area contributed by atoms with Gasteiger partial charge in [0.25, 0.3) is 0 Å². The third kappa shape index (κ3) is 4.24. The first-order valence-corrected chi connectivity index (χ1v) is 8.12. The Hall–Kier alpha value is -1.02. The number of unbranched alkanes of at least 4 members (excludes halogenated alkanes) is 3. The molecule has 2 atom stereocenters. The molecule has 0 aromatic rings. The molecule has 0 amide bonds. The smallest absolute Gasteiger partial charge is 0.199 e. The summed E-state index contributed by atoms with van der Waals surface area (Å²) in [4.78, 5) is 0. The zero-order chi connectivity index (χ0) is 14.2. The molecule has 2 rings (SSSR count). The first-order chi connectivity index (χ1) is 9.85. The second kappa shape index (κ2) is 8.31. The number of allylic oxidation sites excluding steroid dienone is 4. The molecule has 0 unspecified atom stereocenters. The standard InChI is InChI=1S/C18H28O2/c1-3-5-6-7-8-10-15-11-9-12-16-13-18(19-4-2)20-14-17(15)16/h3,11,14,16,18H,1,4-10,12-13H2,2H3/t16-,18-/m1/s1. The summed E-state index contributed by atoms with van der Waals surface area (Å²) >= 11 is 0. The lowest BCUT2D eigenvalue weighted by Crippen LogP contribution is -2.27. The van der Waals surface area contributed by atoms with E-state index in [1.807, 2.05) is 19.3 Å². The summed E-state index contributed by atoms with van der Waals surface area (Å²) in [5.74, 6) is 0.647. The highest BCUT2D eigenvalue weighted by Gasteiger charge is 2.29. The highest BCUT2D eigenvalue weighted by Crippen LogP contribution is 2.39. The van der Waals surface area contributed by atoms with E-state index < -0.39 is 0 Å². The van der Waals surface area contributed by atoms with Crippen molar-refractivity contribution in [3.63, 3.8) is 0 Å². The minimum Gasteiger partial charge on any atom is -0.472 e. The predicted molar refractivity (Wildman–Crippen MR) is 83.3 cm³/mol. The quantitative estimate of drug-likeness (QED) is 0.452. The van der Waals surface area contributed by atoms with Gasteiger partial charge >= 0.3 is 0 Å². The van der Waals surface area contributed by atoms with Crippen molar-refractivity contribution in [1.82, 2.24) is 0 Å². The van der Waals surface area contributed by atoms with Crippen LogP contribution >= 0.6 is 0 Å². The second-order valence-electron chi connectivity index (χ2n) is 5.72. The van der Waals surface area contributed by atoms with Crippen molar-refractivity contribution in [2.75, 3.05) is 6.61 Å². The first kappa shape index (κ1) is 15.4. The van der Waals surface area contributed by atoms with Crippen LogP contribution < -0.4 is 0 Å². The van der Waals surface area contributed by atoms with Gasteiger partial charge in [0.05, 0.1) is 6.26 Å². The summed E-state index contributed by atoms with van der Waals surface area (Å²) in [5.41, 5.74) is 2.96. The van der Waals surface area contributed by atoms with E-state index in [9.17, 15) is 0 Å². The van der Waals surface area contributed by atoms with Gasteiger partial charge in [0, 0.05) is 13.0 Å². The maximum Gasteiger partial charge on any atom is 0.199 e. The lowest BCUT2D eigenvalue weighted by atomic mass is 9.79. The Kier molecular flexibility index (Phi) is 6.38. The van der Waals surface area contributed by atoms with Crippen LogP contribution in [-0.2, 0) is 9.47 Å². The molecule has 0 bridgehead atoms. The van der Waals surface area contributed by atoms with Crippen LogP contribution in [0.4, 0.5) is 0 Å². The van der Waals surface area contributed by atoms with Crippen LogP contribution in [0.2, 0.25) is 0 Å². The fourth-order valence-corrected chi connectivity index (χ4v) is 3.17. The molecule has 0 aromatic heterocycles. The Morgan fingerprint density at radius 1 is 1.40 bits per heavy atom. The van der Waals surface area contributed by atoms with E-state index >= 15 is 0 Å². The summed E-state index contributed by atoms with van der Waals surface area (Å²) in [6, 6.07) is 0. The third-order valence-electron chi connectivity index (χ3n) is 4.25. The number of hydrogen-bond acceptors (Lipinski definition) is 2. The number of rotatable bonds is 8. The minimum absolute atomic E-state index is 0.0271. The van der Waals surface area contributed by atoms with Gasteiger partial charge in [-0.3, -0.25) is 0 Å². The molecule has 2 nitrogen and oxygen atoms in total. The minimum atomic E-state index is -0.0271. The SMILES string of the molecule is C=CCCCCCC1=CCC[C@@H]2C[C@H](OCC)OC=C12. The normalized spacial score (nSPS) is 25.2. The van der Waals surface area contributed by atoms with Crippen molar-refractivity contribution in [1.29, 1.82) is 0 Å². The van der Waals surface area contributed by atoms with Crippen LogP contribution in [0.1, 0.15) is 58.3 Å². The predicted octanol–water partition coefficient (Wildman–Crippen LogP) is 5.13. The zero-order valence-electron chi connectivity index (χ0n) is 12.8. The Balaban J connectivity index is 1.84. The summed E-state index contributed by atoms with van der Waals surface area (Å²) in [6.07, 6.45) is 16.0. The molecular formula is C18H28O2. The van der Waals surface area contributed by atoms with Crippen molar-refractivity contribution >= 4 is 0 Å². The first-order valence-electron chi connectivity index (χ1n) is 8.12. The maximum atomic E-state index is 5.72. The molecule has 0 radical (unpaired) electrons. The summed E-state index contributed by atoms with van der Waals surface area (Å²) < 4.78 is 11.3. The van der Waals surface area contributed by atoms with Crippen LogP contribution in [0.25, 0.3) is 0 Å². The van der Waals surface area contributed by atoms with Crippen molar-refractivity contribution < 1.29 is 9.47 Å². The van der Waals surface area contributed by atoms with E-state index in [2.05, 4.69) is 12.7 Å². The average molecular weight is 276 g/mol. The van der Waals surface area contributed by atoms with E-state index in [-0.39, 0.29) is 6.29 Å². The molecule has 0 fully saturated rings. The Morgan fingerprint density at radius 3 is 3.10 bits per heavy atom. The van der Waals surface area contributed by atoms with Crippen molar-refractivity contribution in [2.45, 2.75) is 64.6 Å². The monoisotopic (exact) mass is 276 g/mol. The molecule has 2 aliphatic rings. The topological polar surface area (TPSA) is 18.5 Å². The lowest BCUT2D eigenvalue weighted by molar-refractivity contribution is -0.121. The molecule has 0 spiro atoms. The molecule has 1 aliphatic heterocycles. The van der Waals surface area contributed by atoms with Crippen LogP contribution in [0.5, 0.6) is 0 Å². The summed E-state index contributed by atoms with van der Waals surface area (Å²) in [7, 11) is 0. The molecule has 1 aliphatic carbocycles. The van der Waals surface area contributed by atoms with Gasteiger partial charge in [-0.1, -0.05) is 18.6 Å². The van der Waals surface area contributed by atoms with E-state index in [0.29, 0.717) is 5.92 Å². The van der Waals surface area contributed by atoms with E-state index in [1.165, 1.54) is 49.7 Å². The fraction of sp³-hybridized carbons (Fsp3) is 0.667. The third-order valence-corrected chi connectivity index (χ3v) is 4.25. The zero-order valence-corrected chi connectivity index (χ0v) is 12.8. The summed E-state index contributed by atoms with van der Waals surface area (Å²) in [5, 5.41) is 0. The molecule has 0 saturated carbocycles. The molecule has 2 heteroatoms. The van der Waals surface area contributed by atoms with Crippen LogP contribution in [-0.4, -0.2) is 12.9 Å². The van der Waals surface area contributed by atoms with Gasteiger partial charge in [-0.25, -0.2) is 0 Å². The molecule has 20 heavy (non-hydrogen) atoms. The van der Waals surface area contributed by atoms with E-state index in [1.54, 1.807) is 0 Å². The molecule has 1 heterocycles. The van der Waals surface area contributed by atoms with Crippen LogP contribution in [0, 0.1) is 5.92 Å². The summed E-state index contributed by atoms with van der Waals surface area (Å²) in [6.45, 7) is 6.53. The molecule has 112 valence electrons. The molecular weight excluding hydrogens is 248 g/mol. The lowest BCUT2D eigenvalue weighted by Gasteiger charge is -2.33. The largest absolute Gasteiger partial charge is 0.472 e. The second-order valence-corrected chi connectivity index (χ2v) is 5.72. The van der Waals surface area contributed by atoms with Crippen molar-refractivity contribution in [3.05, 3.63) is 36.1 Å². The van der Waals surface area contributed by atoms with Gasteiger partial charge < -0.3 is 9.47 Å². The van der Waals surface area contributed by atoms with E-state index in [0.717, 1.165) is 19.4 Å². The average Bonchev–Trinajstić information content (AvgIpc) is 2.47. The van der Waals surface area contributed by atoms with Crippen LogP contribution in [0.15, 0.2) is 36.1 Å². The van der Waals surface area contributed by atoms with Gasteiger partial charge in [0.15, 0.2) is 6.29 Å². The van der Waals surface area contributed by atoms with Gasteiger partial charge in [-0.15, -0.1) is 6.58 Å². The Bertz CT molecular complexity index is 368. The van der Waals surface area contributed by atoms with Gasteiger partial charge in [-0.2, -0.15) is 0 Å². The molecule has 0 N–H and O–H groups in total. The maximum absolute atomic E-state index is 5.72. The van der Waals surface area contributed by atoms with Gasteiger partial charge in [-0.05, 0) is 62.5 Å². The highest BCUT2D eigenvalue weighted by atomic mass is 16.7. The van der Waals surface area contributed by atoms with Gasteiger partial charge in [0.1, 0.15) is 0 Å². The highest BCUT2D eigenvalue weighted by molar-refractivity contribution is 5.35. The number of fused-ring (bicyclic) bond motifs is 1. The van der Waals surface area contributed by atoms with Crippen molar-refractivity contribution in [3.8, 4) is 0 Å².